The van der Waals surface area contributed by atoms with Crippen molar-refractivity contribution in [2.45, 2.75) is 44.5 Å². The Morgan fingerprint density at radius 2 is 1.96 bits per heavy atom. The molecule has 1 atom stereocenters. The molecule has 0 aromatic carbocycles. The molecule has 7 nitrogen and oxygen atoms in total. The number of halogens is 3. The smallest absolute Gasteiger partial charge is 0.304 e. The summed E-state index contributed by atoms with van der Waals surface area (Å²) in [5, 5.41) is 5.61. The largest absolute Gasteiger partial charge is 0.452 e. The number of rotatable bonds is 7. The van der Waals surface area contributed by atoms with Gasteiger partial charge in [-0.1, -0.05) is 12.8 Å². The Kier molecular flexibility index (Phi) is 6.05. The summed E-state index contributed by atoms with van der Waals surface area (Å²) in [4.78, 5) is 24.5. The van der Waals surface area contributed by atoms with Crippen LogP contribution in [-0.2, 0) is 0 Å². The normalized spacial score (nSPS) is 15.6. The van der Waals surface area contributed by atoms with Crippen molar-refractivity contribution in [2.24, 2.45) is 0 Å². The van der Waals surface area contributed by atoms with E-state index in [2.05, 4.69) is 30.3 Å². The average Bonchev–Trinajstić information content (AvgIpc) is 3.16. The van der Waals surface area contributed by atoms with Gasteiger partial charge in [0.1, 0.15) is 17.1 Å². The highest BCUT2D eigenvalue weighted by molar-refractivity contribution is 6.03. The Hall–Kier alpha value is -2.91. The van der Waals surface area contributed by atoms with Gasteiger partial charge in [-0.2, -0.15) is 4.39 Å². The summed E-state index contributed by atoms with van der Waals surface area (Å²) in [6.45, 7) is 0. The van der Waals surface area contributed by atoms with Gasteiger partial charge in [-0.15, -0.1) is 0 Å². The second-order valence-corrected chi connectivity index (χ2v) is 6.02. The number of alkyl halides is 3. The van der Waals surface area contributed by atoms with Crippen LogP contribution in [0.3, 0.4) is 0 Å². The molecule has 2 heterocycles. The SMILES string of the molecule is O=C(Nc1cnccc1OC(F)C(F)F)c1ccnc(NC2CCCC2)n1. The fourth-order valence-electron chi connectivity index (χ4n) is 2.74. The lowest BCUT2D eigenvalue weighted by Gasteiger charge is -2.15. The number of hydrogen-bond donors (Lipinski definition) is 2. The second kappa shape index (κ2) is 8.65. The number of anilines is 2. The van der Waals surface area contributed by atoms with Crippen LogP contribution in [-0.4, -0.2) is 39.7 Å². The zero-order valence-electron chi connectivity index (χ0n) is 14.2. The highest BCUT2D eigenvalue weighted by Crippen LogP contribution is 2.26. The van der Waals surface area contributed by atoms with Gasteiger partial charge in [0, 0.05) is 24.5 Å². The van der Waals surface area contributed by atoms with Crippen LogP contribution in [0.4, 0.5) is 24.8 Å². The first-order valence-corrected chi connectivity index (χ1v) is 8.47. The molecule has 2 aromatic heterocycles. The summed E-state index contributed by atoms with van der Waals surface area (Å²) in [5.74, 6) is -0.555. The summed E-state index contributed by atoms with van der Waals surface area (Å²) >= 11 is 0. The van der Waals surface area contributed by atoms with Gasteiger partial charge in [0.2, 0.25) is 5.95 Å². The molecule has 2 aromatic rings. The summed E-state index contributed by atoms with van der Waals surface area (Å²) in [6.07, 6.45) is 2.02. The third-order valence-electron chi connectivity index (χ3n) is 4.04. The third-order valence-corrected chi connectivity index (χ3v) is 4.04. The molecule has 3 rings (SSSR count). The third kappa shape index (κ3) is 5.05. The van der Waals surface area contributed by atoms with Gasteiger partial charge in [0.15, 0.2) is 0 Å². The molecule has 2 N–H and O–H groups in total. The molecule has 1 saturated carbocycles. The predicted molar refractivity (Wildman–Crippen MR) is 91.6 cm³/mol. The number of pyridine rings is 1. The summed E-state index contributed by atoms with van der Waals surface area (Å²) in [5.41, 5.74) is 0.0145. The molecule has 1 aliphatic rings. The molecule has 0 aliphatic heterocycles. The molecule has 1 aliphatic carbocycles. The standard InChI is InChI=1S/C17H18F3N5O2/c18-14(19)15(20)27-13-6-7-21-9-12(13)24-16(26)11-5-8-22-17(25-11)23-10-3-1-2-4-10/h5-10,14-15H,1-4H2,(H,24,26)(H,22,23,25). The zero-order valence-corrected chi connectivity index (χ0v) is 14.2. The van der Waals surface area contributed by atoms with Gasteiger partial charge >= 0.3 is 6.43 Å². The first-order valence-electron chi connectivity index (χ1n) is 8.47. The highest BCUT2D eigenvalue weighted by atomic mass is 19.3. The maximum absolute atomic E-state index is 13.2. The van der Waals surface area contributed by atoms with Crippen molar-refractivity contribution in [2.75, 3.05) is 10.6 Å². The van der Waals surface area contributed by atoms with Crippen molar-refractivity contribution in [3.63, 3.8) is 0 Å². The van der Waals surface area contributed by atoms with Gasteiger partial charge in [-0.25, -0.2) is 18.7 Å². The molecule has 1 amide bonds. The van der Waals surface area contributed by atoms with E-state index in [0.717, 1.165) is 25.7 Å². The fourth-order valence-corrected chi connectivity index (χ4v) is 2.74. The van der Waals surface area contributed by atoms with Gasteiger partial charge < -0.3 is 15.4 Å². The van der Waals surface area contributed by atoms with Gasteiger partial charge in [0.05, 0.1) is 6.20 Å². The quantitative estimate of drug-likeness (QED) is 0.764. The first kappa shape index (κ1) is 18.9. The monoisotopic (exact) mass is 381 g/mol. The van der Waals surface area contributed by atoms with Crippen LogP contribution in [0.15, 0.2) is 30.7 Å². The van der Waals surface area contributed by atoms with E-state index in [0.29, 0.717) is 5.95 Å². The number of aromatic nitrogens is 3. The lowest BCUT2D eigenvalue weighted by Crippen LogP contribution is -2.22. The predicted octanol–water partition coefficient (Wildman–Crippen LogP) is 3.42. The van der Waals surface area contributed by atoms with E-state index in [-0.39, 0.29) is 23.2 Å². The summed E-state index contributed by atoms with van der Waals surface area (Å²) in [6, 6.07) is 2.86. The minimum Gasteiger partial charge on any atom is -0.452 e. The van der Waals surface area contributed by atoms with Crippen molar-refractivity contribution in [1.82, 2.24) is 15.0 Å². The van der Waals surface area contributed by atoms with Crippen LogP contribution in [0.2, 0.25) is 0 Å². The molecule has 10 heteroatoms. The van der Waals surface area contributed by atoms with Gasteiger partial charge in [0.25, 0.3) is 12.3 Å². The van der Waals surface area contributed by atoms with Crippen LogP contribution in [0.1, 0.15) is 36.2 Å². The fraction of sp³-hybridized carbons (Fsp3) is 0.412. The number of nitrogens with one attached hydrogen (secondary N) is 2. The molecule has 0 bridgehead atoms. The van der Waals surface area contributed by atoms with Crippen molar-refractivity contribution in [1.29, 1.82) is 0 Å². The minimum absolute atomic E-state index is 0.0466. The van der Waals surface area contributed by atoms with Crippen molar-refractivity contribution in [3.05, 3.63) is 36.4 Å². The molecule has 1 unspecified atom stereocenters. The van der Waals surface area contributed by atoms with Crippen molar-refractivity contribution < 1.29 is 22.7 Å². The highest BCUT2D eigenvalue weighted by Gasteiger charge is 2.23. The van der Waals surface area contributed by atoms with Crippen LogP contribution in [0.5, 0.6) is 5.75 Å². The number of nitrogens with zero attached hydrogens (tertiary/aromatic N) is 3. The van der Waals surface area contributed by atoms with E-state index in [1.165, 1.54) is 30.7 Å². The molecular weight excluding hydrogens is 363 g/mol. The number of amides is 1. The number of ether oxygens (including phenoxy) is 1. The summed E-state index contributed by atoms with van der Waals surface area (Å²) in [7, 11) is 0. The molecule has 1 fully saturated rings. The van der Waals surface area contributed by atoms with Crippen molar-refractivity contribution in [3.8, 4) is 5.75 Å². The van der Waals surface area contributed by atoms with E-state index in [9.17, 15) is 18.0 Å². The second-order valence-electron chi connectivity index (χ2n) is 6.02. The van der Waals surface area contributed by atoms with E-state index >= 15 is 0 Å². The Balaban J connectivity index is 1.70. The number of hydrogen-bond acceptors (Lipinski definition) is 6. The Labute approximate surface area is 153 Å². The van der Waals surface area contributed by atoms with E-state index in [1.54, 1.807) is 0 Å². The molecular formula is C17H18F3N5O2. The van der Waals surface area contributed by atoms with Crippen LogP contribution in [0.25, 0.3) is 0 Å². The van der Waals surface area contributed by atoms with Gasteiger partial charge in [-0.05, 0) is 18.9 Å². The Bertz CT molecular complexity index is 787. The zero-order chi connectivity index (χ0) is 19.2. The average molecular weight is 381 g/mol. The van der Waals surface area contributed by atoms with Crippen LogP contribution < -0.4 is 15.4 Å². The lowest BCUT2D eigenvalue weighted by atomic mass is 10.2. The molecule has 27 heavy (non-hydrogen) atoms. The minimum atomic E-state index is -3.31. The van der Waals surface area contributed by atoms with E-state index in [1.807, 2.05) is 0 Å². The lowest BCUT2D eigenvalue weighted by molar-refractivity contribution is -0.0665. The van der Waals surface area contributed by atoms with Crippen LogP contribution in [0, 0.1) is 0 Å². The topological polar surface area (TPSA) is 89.0 Å². The maximum atomic E-state index is 13.2. The first-order chi connectivity index (χ1) is 13.0. The number of carbonyl (C=O) groups is 1. The van der Waals surface area contributed by atoms with Crippen LogP contribution >= 0.6 is 0 Å². The van der Waals surface area contributed by atoms with E-state index < -0.39 is 18.7 Å². The number of carbonyl (C=O) groups excluding carboxylic acids is 1. The van der Waals surface area contributed by atoms with Gasteiger partial charge in [-0.3, -0.25) is 9.78 Å². The maximum Gasteiger partial charge on any atom is 0.304 e. The van der Waals surface area contributed by atoms with E-state index in [4.69, 9.17) is 0 Å². The Morgan fingerprint density at radius 1 is 1.19 bits per heavy atom. The molecule has 0 spiro atoms. The molecule has 0 saturated heterocycles. The summed E-state index contributed by atoms with van der Waals surface area (Å²) < 4.78 is 42.4. The molecule has 144 valence electrons. The molecule has 0 radical (unpaired) electrons. The Morgan fingerprint density at radius 3 is 2.70 bits per heavy atom. The van der Waals surface area contributed by atoms with Crippen molar-refractivity contribution >= 4 is 17.5 Å².